The third kappa shape index (κ3) is 6.25. The molecule has 19 heavy (non-hydrogen) atoms. The smallest absolute Gasteiger partial charge is 0.326 e. The number of nitrogens with two attached hydrogens (primary N) is 1. The molecule has 0 aliphatic heterocycles. The number of hydrogen-bond acceptors (Lipinski definition) is 5. The number of nitrogens with one attached hydrogen (secondary N) is 1. The van der Waals surface area contributed by atoms with Crippen LogP contribution in [0.4, 0.5) is 0 Å². The minimum Gasteiger partial charge on any atom is -0.480 e. The van der Waals surface area contributed by atoms with Crippen LogP contribution in [0, 0.1) is 0 Å². The molecule has 0 radical (unpaired) electrons. The van der Waals surface area contributed by atoms with Crippen LogP contribution in [-0.2, 0) is 14.4 Å². The third-order valence-electron chi connectivity index (χ3n) is 2.15. The fourth-order valence-corrected chi connectivity index (χ4v) is 2.86. The number of thiophene rings is 1. The van der Waals surface area contributed by atoms with Crippen LogP contribution in [0.2, 0.25) is 0 Å². The van der Waals surface area contributed by atoms with Crippen molar-refractivity contribution in [1.29, 1.82) is 0 Å². The molecule has 104 valence electrons. The van der Waals surface area contributed by atoms with E-state index in [1.54, 1.807) is 0 Å². The van der Waals surface area contributed by atoms with Crippen molar-refractivity contribution in [3.63, 3.8) is 0 Å². The molecule has 1 rings (SSSR count). The average molecular weight is 302 g/mol. The molecule has 8 heteroatoms. The number of primary amides is 1. The Morgan fingerprint density at radius 3 is 2.74 bits per heavy atom. The molecular weight excluding hydrogens is 288 g/mol. The standard InChI is InChI=1S/C11H14N2O4S2/c12-8(14)4-3-7(11(16)17)13-9(15)6-19-10-2-1-5-18-10/h1-2,5,7H,3-4,6H2,(H2,12,14)(H,13,15)(H,16,17). The Bertz CT molecular complexity index is 448. The summed E-state index contributed by atoms with van der Waals surface area (Å²) < 4.78 is 0.985. The van der Waals surface area contributed by atoms with Crippen molar-refractivity contribution < 1.29 is 19.5 Å². The minimum atomic E-state index is -1.17. The van der Waals surface area contributed by atoms with Crippen molar-refractivity contribution >= 4 is 40.9 Å². The van der Waals surface area contributed by atoms with Crippen molar-refractivity contribution in [2.45, 2.75) is 23.1 Å². The van der Waals surface area contributed by atoms with Crippen molar-refractivity contribution in [3.05, 3.63) is 17.5 Å². The highest BCUT2D eigenvalue weighted by molar-refractivity contribution is 8.01. The number of aliphatic carboxylic acids is 1. The highest BCUT2D eigenvalue weighted by Gasteiger charge is 2.20. The van der Waals surface area contributed by atoms with Crippen LogP contribution in [0.1, 0.15) is 12.8 Å². The third-order valence-corrected chi connectivity index (χ3v) is 4.28. The summed E-state index contributed by atoms with van der Waals surface area (Å²) in [6, 6.07) is 2.67. The second kappa shape index (κ2) is 7.80. The van der Waals surface area contributed by atoms with E-state index in [4.69, 9.17) is 10.8 Å². The van der Waals surface area contributed by atoms with Crippen LogP contribution in [0.3, 0.4) is 0 Å². The zero-order chi connectivity index (χ0) is 14.3. The number of rotatable bonds is 8. The van der Waals surface area contributed by atoms with Crippen LogP contribution < -0.4 is 11.1 Å². The van der Waals surface area contributed by atoms with E-state index in [1.165, 1.54) is 23.1 Å². The molecule has 1 atom stereocenters. The molecule has 0 saturated heterocycles. The largest absolute Gasteiger partial charge is 0.480 e. The maximum absolute atomic E-state index is 11.6. The van der Waals surface area contributed by atoms with Gasteiger partial charge in [-0.2, -0.15) is 0 Å². The number of carbonyl (C=O) groups is 3. The molecule has 2 amide bonds. The van der Waals surface area contributed by atoms with Gasteiger partial charge >= 0.3 is 5.97 Å². The summed E-state index contributed by atoms with van der Waals surface area (Å²) in [7, 11) is 0. The van der Waals surface area contributed by atoms with Crippen LogP contribution in [0.15, 0.2) is 21.7 Å². The summed E-state index contributed by atoms with van der Waals surface area (Å²) in [5.74, 6) is -2.00. The normalized spacial score (nSPS) is 11.8. The first-order chi connectivity index (χ1) is 8.99. The zero-order valence-corrected chi connectivity index (χ0v) is 11.6. The van der Waals surface area contributed by atoms with Gasteiger partial charge in [0.2, 0.25) is 11.8 Å². The number of carboxylic acids is 1. The zero-order valence-electron chi connectivity index (χ0n) is 10.00. The Morgan fingerprint density at radius 1 is 1.47 bits per heavy atom. The molecule has 1 unspecified atom stereocenters. The maximum atomic E-state index is 11.6. The van der Waals surface area contributed by atoms with E-state index in [0.29, 0.717) is 0 Å². The van der Waals surface area contributed by atoms with Gasteiger partial charge in [0.25, 0.3) is 0 Å². The molecule has 0 aromatic carbocycles. The van der Waals surface area contributed by atoms with E-state index < -0.39 is 17.9 Å². The number of carboxylic acid groups (broad SMARTS) is 1. The lowest BCUT2D eigenvalue weighted by atomic mass is 10.1. The van der Waals surface area contributed by atoms with Crippen LogP contribution >= 0.6 is 23.1 Å². The fourth-order valence-electron chi connectivity index (χ4n) is 1.26. The van der Waals surface area contributed by atoms with Gasteiger partial charge < -0.3 is 16.2 Å². The first-order valence-electron chi connectivity index (χ1n) is 5.46. The Labute approximate surface area is 118 Å². The Balaban J connectivity index is 2.38. The lowest BCUT2D eigenvalue weighted by Crippen LogP contribution is -2.42. The lowest BCUT2D eigenvalue weighted by Gasteiger charge is -2.13. The SMILES string of the molecule is NC(=O)CCC(NC(=O)CSc1cccs1)C(=O)O. The lowest BCUT2D eigenvalue weighted by molar-refractivity contribution is -0.141. The first-order valence-corrected chi connectivity index (χ1v) is 7.32. The number of hydrogen-bond donors (Lipinski definition) is 3. The van der Waals surface area contributed by atoms with Gasteiger partial charge in [-0.05, 0) is 17.9 Å². The first kappa shape index (κ1) is 15.5. The van der Waals surface area contributed by atoms with E-state index >= 15 is 0 Å². The average Bonchev–Trinajstić information content (AvgIpc) is 2.84. The van der Waals surface area contributed by atoms with Crippen LogP contribution in [0.25, 0.3) is 0 Å². The quantitative estimate of drug-likeness (QED) is 0.612. The van der Waals surface area contributed by atoms with Gasteiger partial charge in [0.15, 0.2) is 0 Å². The Hall–Kier alpha value is -1.54. The molecule has 1 aromatic rings. The molecule has 1 heterocycles. The molecule has 0 spiro atoms. The molecule has 6 nitrogen and oxygen atoms in total. The van der Waals surface area contributed by atoms with E-state index in [1.807, 2.05) is 17.5 Å². The van der Waals surface area contributed by atoms with Gasteiger partial charge in [0.1, 0.15) is 6.04 Å². The van der Waals surface area contributed by atoms with E-state index in [9.17, 15) is 14.4 Å². The van der Waals surface area contributed by atoms with Crippen molar-refractivity contribution in [3.8, 4) is 0 Å². The maximum Gasteiger partial charge on any atom is 0.326 e. The van der Waals surface area contributed by atoms with Crippen molar-refractivity contribution in [2.24, 2.45) is 5.73 Å². The minimum absolute atomic E-state index is 0.0000747. The number of amides is 2. The molecular formula is C11H14N2O4S2. The van der Waals surface area contributed by atoms with Gasteiger partial charge in [0, 0.05) is 6.42 Å². The summed E-state index contributed by atoms with van der Waals surface area (Å²) >= 11 is 2.84. The second-order valence-corrected chi connectivity index (χ2v) is 5.91. The molecule has 0 aliphatic rings. The van der Waals surface area contributed by atoms with Crippen molar-refractivity contribution in [1.82, 2.24) is 5.32 Å². The molecule has 0 saturated carbocycles. The van der Waals surface area contributed by atoms with E-state index in [0.717, 1.165) is 4.21 Å². The predicted molar refractivity (Wildman–Crippen MR) is 73.0 cm³/mol. The topological polar surface area (TPSA) is 109 Å². The van der Waals surface area contributed by atoms with Crippen LogP contribution in [-0.4, -0.2) is 34.7 Å². The predicted octanol–water partition coefficient (Wildman–Crippen LogP) is 0.675. The Morgan fingerprint density at radius 2 is 2.21 bits per heavy atom. The fraction of sp³-hybridized carbons (Fsp3) is 0.364. The number of thioether (sulfide) groups is 1. The second-order valence-electron chi connectivity index (χ2n) is 3.68. The van der Waals surface area contributed by atoms with Gasteiger partial charge in [-0.15, -0.1) is 23.1 Å². The summed E-state index contributed by atoms with van der Waals surface area (Å²) in [6.07, 6.45) is -0.0740. The van der Waals surface area contributed by atoms with Crippen molar-refractivity contribution in [2.75, 3.05) is 5.75 Å². The molecule has 0 bridgehead atoms. The molecule has 4 N–H and O–H groups in total. The molecule has 1 aromatic heterocycles. The number of carbonyl (C=O) groups excluding carboxylic acids is 2. The molecule has 0 aliphatic carbocycles. The highest BCUT2D eigenvalue weighted by Crippen LogP contribution is 2.22. The highest BCUT2D eigenvalue weighted by atomic mass is 32.2. The van der Waals surface area contributed by atoms with Gasteiger partial charge in [-0.1, -0.05) is 6.07 Å². The van der Waals surface area contributed by atoms with Gasteiger partial charge in [0.05, 0.1) is 9.96 Å². The summed E-state index contributed by atoms with van der Waals surface area (Å²) in [6.45, 7) is 0. The summed E-state index contributed by atoms with van der Waals surface area (Å²) in [5.41, 5.74) is 4.95. The van der Waals surface area contributed by atoms with Gasteiger partial charge in [-0.3, -0.25) is 9.59 Å². The van der Waals surface area contributed by atoms with Gasteiger partial charge in [-0.25, -0.2) is 4.79 Å². The Kier molecular flexibility index (Phi) is 6.37. The summed E-state index contributed by atoms with van der Waals surface area (Å²) in [5, 5.41) is 13.2. The van der Waals surface area contributed by atoms with Crippen LogP contribution in [0.5, 0.6) is 0 Å². The van der Waals surface area contributed by atoms with E-state index in [-0.39, 0.29) is 24.5 Å². The summed E-state index contributed by atoms with van der Waals surface area (Å²) in [4.78, 5) is 33.1. The molecule has 0 fully saturated rings. The van der Waals surface area contributed by atoms with E-state index in [2.05, 4.69) is 5.32 Å². The monoisotopic (exact) mass is 302 g/mol.